The number of rotatable bonds is 10. The average molecular weight is 714 g/mol. The van der Waals surface area contributed by atoms with Gasteiger partial charge in [-0.15, -0.1) is 18.3 Å². The van der Waals surface area contributed by atoms with Crippen LogP contribution in [-0.2, 0) is 32.5 Å². The molecule has 1 fully saturated rings. The van der Waals surface area contributed by atoms with Gasteiger partial charge in [0.2, 0.25) is 0 Å². The van der Waals surface area contributed by atoms with Crippen LogP contribution in [0.25, 0.3) is 0 Å². The minimum absolute atomic E-state index is 0.0227. The summed E-state index contributed by atoms with van der Waals surface area (Å²) in [5, 5.41) is 21.2. The fourth-order valence-corrected chi connectivity index (χ4v) is 5.41. The number of nitrogens with one attached hydrogen (secondary N) is 1. The van der Waals surface area contributed by atoms with Gasteiger partial charge in [-0.25, -0.2) is 4.79 Å². The first-order valence-corrected chi connectivity index (χ1v) is 15.1. The van der Waals surface area contributed by atoms with E-state index in [1.165, 1.54) is 31.1 Å². The Kier molecular flexibility index (Phi) is 13.0. The van der Waals surface area contributed by atoms with Gasteiger partial charge >= 0.3 is 24.8 Å². The van der Waals surface area contributed by atoms with Gasteiger partial charge in [-0.1, -0.05) is 24.4 Å². The Balaban J connectivity index is 0.00000121. The Morgan fingerprint density at radius 3 is 2.00 bits per heavy atom. The number of alkyl halides is 9. The SMILES string of the molecule is CCN(CC1CCCCC1)c1ccc(OC(F)(F)F)cc1CN(Cc1cc(C(F)(F)F)cc(C(F)(F)F)c1)c1nnn(C)n1.CNC(=O)O. The lowest BCUT2D eigenvalue weighted by Crippen LogP contribution is -2.32. The largest absolute Gasteiger partial charge is 0.573 e. The Hall–Kier alpha value is -4.45. The number of halogens is 9. The van der Waals surface area contributed by atoms with E-state index in [1.54, 1.807) is 0 Å². The number of amides is 1. The molecule has 272 valence electrons. The minimum atomic E-state index is -5.07. The highest BCUT2D eigenvalue weighted by molar-refractivity contribution is 5.63. The van der Waals surface area contributed by atoms with E-state index in [0.29, 0.717) is 36.8 Å². The monoisotopic (exact) mass is 713 g/mol. The summed E-state index contributed by atoms with van der Waals surface area (Å²) in [5.41, 5.74) is -2.54. The number of aromatic nitrogens is 4. The fraction of sp³-hybridized carbons (Fsp3) is 0.533. The van der Waals surface area contributed by atoms with Crippen molar-refractivity contribution in [1.82, 2.24) is 25.5 Å². The van der Waals surface area contributed by atoms with Crippen molar-refractivity contribution in [3.05, 3.63) is 58.7 Å². The maximum atomic E-state index is 13.6. The number of nitrogens with zero attached hydrogens (tertiary/aromatic N) is 6. The molecule has 10 nitrogen and oxygen atoms in total. The zero-order valence-corrected chi connectivity index (χ0v) is 26.8. The van der Waals surface area contributed by atoms with Crippen molar-refractivity contribution in [2.75, 3.05) is 29.9 Å². The van der Waals surface area contributed by atoms with E-state index in [0.717, 1.165) is 43.0 Å². The summed E-state index contributed by atoms with van der Waals surface area (Å²) < 4.78 is 125. The van der Waals surface area contributed by atoms with Crippen molar-refractivity contribution in [3.63, 3.8) is 0 Å². The van der Waals surface area contributed by atoms with Crippen LogP contribution in [0.2, 0.25) is 0 Å². The Bertz CT molecular complexity index is 1490. The van der Waals surface area contributed by atoms with Crippen LogP contribution in [0.15, 0.2) is 36.4 Å². The fourth-order valence-electron chi connectivity index (χ4n) is 5.41. The predicted molar refractivity (Wildman–Crippen MR) is 160 cm³/mol. The standard InChI is InChI=1S/C28H31F9N6O.C2H5NO2/c1-3-42(15-18-7-5-4-6-8-18)24-10-9-23(44-28(35,36)37)13-20(24)17-43(25-38-40-41(2)39-25)16-19-11-21(26(29,30)31)14-22(12-19)27(32,33)34;1-3-2(4)5/h9-14,18H,3-8,15-17H2,1-2H3;3H,1H3,(H,4,5). The molecule has 1 aliphatic rings. The van der Waals surface area contributed by atoms with Crippen LogP contribution in [-0.4, -0.2) is 57.9 Å². The third-order valence-electron chi connectivity index (χ3n) is 7.59. The predicted octanol–water partition coefficient (Wildman–Crippen LogP) is 7.64. The van der Waals surface area contributed by atoms with Crippen molar-refractivity contribution in [3.8, 4) is 5.75 Å². The van der Waals surface area contributed by atoms with E-state index in [2.05, 4.69) is 20.1 Å². The molecule has 4 rings (SSSR count). The first-order chi connectivity index (χ1) is 22.8. The van der Waals surface area contributed by atoms with E-state index in [-0.39, 0.29) is 29.7 Å². The van der Waals surface area contributed by atoms with Crippen molar-refractivity contribution >= 4 is 17.7 Å². The van der Waals surface area contributed by atoms with Gasteiger partial charge in [0.05, 0.1) is 18.2 Å². The Labute approximate surface area is 275 Å². The van der Waals surface area contributed by atoms with Crippen molar-refractivity contribution < 1.29 is 54.2 Å². The molecule has 49 heavy (non-hydrogen) atoms. The summed E-state index contributed by atoms with van der Waals surface area (Å²) in [6, 6.07) is 4.99. The van der Waals surface area contributed by atoms with Gasteiger partial charge in [0.1, 0.15) is 5.75 Å². The van der Waals surface area contributed by atoms with E-state index in [9.17, 15) is 44.3 Å². The van der Waals surface area contributed by atoms with Crippen molar-refractivity contribution in [2.45, 2.75) is 70.8 Å². The van der Waals surface area contributed by atoms with Gasteiger partial charge in [-0.05, 0) is 78.4 Å². The lowest BCUT2D eigenvalue weighted by molar-refractivity contribution is -0.274. The highest BCUT2D eigenvalue weighted by Gasteiger charge is 2.37. The second-order valence-electron chi connectivity index (χ2n) is 11.3. The maximum Gasteiger partial charge on any atom is 0.573 e. The minimum Gasteiger partial charge on any atom is -0.465 e. The molecular weight excluding hydrogens is 677 g/mol. The van der Waals surface area contributed by atoms with Gasteiger partial charge in [0.15, 0.2) is 0 Å². The molecule has 1 amide bonds. The number of ether oxygens (including phenoxy) is 1. The molecule has 0 spiro atoms. The number of benzene rings is 2. The number of aryl methyl sites for hydroxylation is 1. The second-order valence-corrected chi connectivity index (χ2v) is 11.3. The Morgan fingerprint density at radius 2 is 1.53 bits per heavy atom. The van der Waals surface area contributed by atoms with Gasteiger partial charge in [-0.3, -0.25) is 0 Å². The van der Waals surface area contributed by atoms with Crippen LogP contribution >= 0.6 is 0 Å². The molecule has 19 heteroatoms. The molecule has 0 unspecified atom stereocenters. The van der Waals surface area contributed by atoms with Crippen LogP contribution in [0.4, 0.5) is 55.9 Å². The molecule has 0 radical (unpaired) electrons. The molecule has 0 bridgehead atoms. The first kappa shape index (κ1) is 39.0. The summed E-state index contributed by atoms with van der Waals surface area (Å²) in [5.74, 6) is -0.330. The third-order valence-corrected chi connectivity index (χ3v) is 7.59. The smallest absolute Gasteiger partial charge is 0.465 e. The normalized spacial score (nSPS) is 14.1. The van der Waals surface area contributed by atoms with E-state index in [4.69, 9.17) is 5.11 Å². The molecule has 2 N–H and O–H groups in total. The summed E-state index contributed by atoms with van der Waals surface area (Å²) in [7, 11) is 2.76. The molecular formula is C30H36F9N7O3. The number of tetrazole rings is 1. The molecule has 3 aromatic rings. The van der Waals surface area contributed by atoms with Crippen LogP contribution in [0.3, 0.4) is 0 Å². The first-order valence-electron chi connectivity index (χ1n) is 15.1. The quantitative estimate of drug-likeness (QED) is 0.207. The lowest BCUT2D eigenvalue weighted by Gasteiger charge is -2.33. The molecule has 1 saturated carbocycles. The van der Waals surface area contributed by atoms with Crippen LogP contribution in [0, 0.1) is 5.92 Å². The van der Waals surface area contributed by atoms with E-state index < -0.39 is 48.2 Å². The number of carboxylic acid groups (broad SMARTS) is 1. The van der Waals surface area contributed by atoms with E-state index in [1.807, 2.05) is 17.1 Å². The summed E-state index contributed by atoms with van der Waals surface area (Å²) in [4.78, 5) is 13.6. The number of anilines is 2. The highest BCUT2D eigenvalue weighted by atomic mass is 19.4. The van der Waals surface area contributed by atoms with Gasteiger partial charge in [0, 0.05) is 38.9 Å². The molecule has 0 aliphatic heterocycles. The molecule has 1 heterocycles. The second kappa shape index (κ2) is 16.3. The van der Waals surface area contributed by atoms with Gasteiger partial charge in [0.25, 0.3) is 5.95 Å². The number of hydrogen-bond acceptors (Lipinski definition) is 7. The Morgan fingerprint density at radius 1 is 0.939 bits per heavy atom. The zero-order chi connectivity index (χ0) is 36.6. The van der Waals surface area contributed by atoms with Gasteiger partial charge in [-0.2, -0.15) is 31.1 Å². The van der Waals surface area contributed by atoms with Crippen LogP contribution in [0.1, 0.15) is 61.3 Å². The molecule has 1 aromatic heterocycles. The highest BCUT2D eigenvalue weighted by Crippen LogP contribution is 2.38. The van der Waals surface area contributed by atoms with Crippen LogP contribution < -0.4 is 19.9 Å². The van der Waals surface area contributed by atoms with Gasteiger partial charge < -0.3 is 25.0 Å². The van der Waals surface area contributed by atoms with Crippen molar-refractivity contribution in [2.24, 2.45) is 13.0 Å². The van der Waals surface area contributed by atoms with E-state index >= 15 is 0 Å². The molecule has 0 saturated heterocycles. The third kappa shape index (κ3) is 12.2. The zero-order valence-electron chi connectivity index (χ0n) is 26.8. The molecule has 2 aromatic carbocycles. The number of carbonyl (C=O) groups is 1. The van der Waals surface area contributed by atoms with Crippen LogP contribution in [0.5, 0.6) is 5.75 Å². The van der Waals surface area contributed by atoms with Crippen molar-refractivity contribution in [1.29, 1.82) is 0 Å². The summed E-state index contributed by atoms with van der Waals surface area (Å²) >= 11 is 0. The number of hydrogen-bond donors (Lipinski definition) is 2. The maximum absolute atomic E-state index is 13.6. The molecule has 1 aliphatic carbocycles. The average Bonchev–Trinajstić information content (AvgIpc) is 3.45. The summed E-state index contributed by atoms with van der Waals surface area (Å²) in [6.45, 7) is 2.17. The molecule has 0 atom stereocenters. The lowest BCUT2D eigenvalue weighted by atomic mass is 9.88. The topological polar surface area (TPSA) is 109 Å². The summed E-state index contributed by atoms with van der Waals surface area (Å²) in [6.07, 6.45) is -10.9.